The van der Waals surface area contributed by atoms with E-state index in [0.717, 1.165) is 12.3 Å². The zero-order valence-corrected chi connectivity index (χ0v) is 8.17. The van der Waals surface area contributed by atoms with E-state index >= 15 is 0 Å². The molecule has 2 aromatic heterocycles. The van der Waals surface area contributed by atoms with E-state index in [1.807, 2.05) is 0 Å². The summed E-state index contributed by atoms with van der Waals surface area (Å²) < 4.78 is 25.9. The van der Waals surface area contributed by atoms with Crippen molar-refractivity contribution in [3.8, 4) is 11.3 Å². The Kier molecular flexibility index (Phi) is 2.60. The number of halogens is 3. The molecule has 2 heterocycles. The maximum Gasteiger partial charge on any atom is 0.152 e. The largest absolute Gasteiger partial charge is 0.250 e. The molecule has 76 valence electrons. The second-order valence-corrected chi connectivity index (χ2v) is 3.24. The third-order valence-electron chi connectivity index (χ3n) is 1.81. The van der Waals surface area contributed by atoms with E-state index in [1.165, 1.54) is 12.3 Å². The first kappa shape index (κ1) is 9.98. The van der Waals surface area contributed by atoms with Gasteiger partial charge in [-0.25, -0.2) is 13.8 Å². The molecule has 0 saturated heterocycles. The molecule has 2 nitrogen and oxygen atoms in total. The minimum absolute atomic E-state index is 0.0562. The monoisotopic (exact) mass is 226 g/mol. The lowest BCUT2D eigenvalue weighted by atomic mass is 10.2. The van der Waals surface area contributed by atoms with E-state index in [0.29, 0.717) is 5.56 Å². The Morgan fingerprint density at radius 1 is 1.13 bits per heavy atom. The fraction of sp³-hybridized carbons (Fsp3) is 0. The Balaban J connectivity index is 2.54. The summed E-state index contributed by atoms with van der Waals surface area (Å²) in [7, 11) is 0. The SMILES string of the molecule is Fc1cnc(-c2ccnc(Cl)c2)c(F)c1. The van der Waals surface area contributed by atoms with Gasteiger partial charge in [0.05, 0.1) is 6.20 Å². The molecular weight excluding hydrogens is 222 g/mol. The van der Waals surface area contributed by atoms with Gasteiger partial charge in [-0.1, -0.05) is 11.6 Å². The summed E-state index contributed by atoms with van der Waals surface area (Å²) in [5, 5.41) is 0.234. The molecule has 0 aliphatic heterocycles. The van der Waals surface area contributed by atoms with Crippen LogP contribution in [0.1, 0.15) is 0 Å². The van der Waals surface area contributed by atoms with Crippen molar-refractivity contribution in [3.05, 3.63) is 47.4 Å². The van der Waals surface area contributed by atoms with Crippen LogP contribution in [0.2, 0.25) is 5.15 Å². The minimum Gasteiger partial charge on any atom is -0.250 e. The molecule has 0 aliphatic carbocycles. The smallest absolute Gasteiger partial charge is 0.152 e. The average Bonchev–Trinajstić information content (AvgIpc) is 2.17. The van der Waals surface area contributed by atoms with Gasteiger partial charge in [0.1, 0.15) is 16.7 Å². The summed E-state index contributed by atoms with van der Waals surface area (Å²) in [4.78, 5) is 7.41. The van der Waals surface area contributed by atoms with Gasteiger partial charge >= 0.3 is 0 Å². The lowest BCUT2D eigenvalue weighted by Gasteiger charge is -2.02. The van der Waals surface area contributed by atoms with Crippen molar-refractivity contribution in [1.82, 2.24) is 9.97 Å². The van der Waals surface area contributed by atoms with E-state index in [9.17, 15) is 8.78 Å². The molecule has 0 amide bonds. The van der Waals surface area contributed by atoms with E-state index in [1.54, 1.807) is 6.07 Å². The van der Waals surface area contributed by atoms with Gasteiger partial charge in [0.25, 0.3) is 0 Å². The molecule has 0 N–H and O–H groups in total. The van der Waals surface area contributed by atoms with Gasteiger partial charge < -0.3 is 0 Å². The summed E-state index contributed by atoms with van der Waals surface area (Å²) in [6.45, 7) is 0. The molecule has 0 fully saturated rings. The number of hydrogen-bond donors (Lipinski definition) is 0. The zero-order chi connectivity index (χ0) is 10.8. The summed E-state index contributed by atoms with van der Waals surface area (Å²) in [5.74, 6) is -1.44. The van der Waals surface area contributed by atoms with Crippen LogP contribution in [0.25, 0.3) is 11.3 Å². The second kappa shape index (κ2) is 3.90. The number of hydrogen-bond acceptors (Lipinski definition) is 2. The van der Waals surface area contributed by atoms with Crippen molar-refractivity contribution in [3.63, 3.8) is 0 Å². The van der Waals surface area contributed by atoms with Crippen molar-refractivity contribution in [1.29, 1.82) is 0 Å². The normalized spacial score (nSPS) is 10.3. The molecule has 0 bridgehead atoms. The lowest BCUT2D eigenvalue weighted by Crippen LogP contribution is -1.91. The van der Waals surface area contributed by atoms with Crippen LogP contribution in [0.5, 0.6) is 0 Å². The fourth-order valence-electron chi connectivity index (χ4n) is 1.18. The standard InChI is InChI=1S/C10H5ClF2N2/c11-9-3-6(1-2-14-9)10-8(13)4-7(12)5-15-10/h1-5H. The molecule has 2 aromatic rings. The number of aromatic nitrogens is 2. The van der Waals surface area contributed by atoms with Crippen LogP contribution in [-0.2, 0) is 0 Å². The number of rotatable bonds is 1. The predicted molar refractivity (Wildman–Crippen MR) is 52.4 cm³/mol. The highest BCUT2D eigenvalue weighted by atomic mass is 35.5. The Morgan fingerprint density at radius 3 is 2.60 bits per heavy atom. The van der Waals surface area contributed by atoms with E-state index in [2.05, 4.69) is 9.97 Å². The molecule has 0 atom stereocenters. The van der Waals surface area contributed by atoms with Gasteiger partial charge in [-0.3, -0.25) is 4.98 Å². The van der Waals surface area contributed by atoms with Crippen molar-refractivity contribution >= 4 is 11.6 Å². The van der Waals surface area contributed by atoms with E-state index in [4.69, 9.17) is 11.6 Å². The van der Waals surface area contributed by atoms with E-state index in [-0.39, 0.29) is 10.8 Å². The Morgan fingerprint density at radius 2 is 1.93 bits per heavy atom. The van der Waals surface area contributed by atoms with Crippen LogP contribution in [-0.4, -0.2) is 9.97 Å². The average molecular weight is 227 g/mol. The highest BCUT2D eigenvalue weighted by Gasteiger charge is 2.08. The molecule has 0 saturated carbocycles. The summed E-state index contributed by atoms with van der Waals surface area (Å²) in [6.07, 6.45) is 2.38. The van der Waals surface area contributed by atoms with Gasteiger partial charge in [-0.2, -0.15) is 0 Å². The quantitative estimate of drug-likeness (QED) is 0.699. The van der Waals surface area contributed by atoms with E-state index < -0.39 is 11.6 Å². The molecule has 5 heteroatoms. The van der Waals surface area contributed by atoms with Crippen molar-refractivity contribution in [2.75, 3.05) is 0 Å². The Hall–Kier alpha value is -1.55. The first-order chi connectivity index (χ1) is 7.16. The van der Waals surface area contributed by atoms with Crippen molar-refractivity contribution in [2.45, 2.75) is 0 Å². The van der Waals surface area contributed by atoms with Crippen LogP contribution < -0.4 is 0 Å². The maximum atomic E-state index is 13.3. The molecular formula is C10H5ClF2N2. The van der Waals surface area contributed by atoms with Gasteiger partial charge in [0.15, 0.2) is 5.82 Å². The molecule has 0 spiro atoms. The molecule has 0 aromatic carbocycles. The second-order valence-electron chi connectivity index (χ2n) is 2.85. The van der Waals surface area contributed by atoms with Crippen LogP contribution in [0.3, 0.4) is 0 Å². The third kappa shape index (κ3) is 2.10. The molecule has 2 rings (SSSR count). The fourth-order valence-corrected chi connectivity index (χ4v) is 1.35. The van der Waals surface area contributed by atoms with Gasteiger partial charge in [0, 0.05) is 17.8 Å². The van der Waals surface area contributed by atoms with Crippen LogP contribution in [0.15, 0.2) is 30.6 Å². The topological polar surface area (TPSA) is 25.8 Å². The molecule has 0 aliphatic rings. The minimum atomic E-state index is -0.725. The maximum absolute atomic E-state index is 13.3. The number of pyridine rings is 2. The predicted octanol–water partition coefficient (Wildman–Crippen LogP) is 3.08. The lowest BCUT2D eigenvalue weighted by molar-refractivity contribution is 0.576. The highest BCUT2D eigenvalue weighted by Crippen LogP contribution is 2.22. The van der Waals surface area contributed by atoms with Crippen LogP contribution in [0, 0.1) is 11.6 Å². The van der Waals surface area contributed by atoms with Gasteiger partial charge in [-0.05, 0) is 12.1 Å². The van der Waals surface area contributed by atoms with Crippen molar-refractivity contribution in [2.24, 2.45) is 0 Å². The number of nitrogens with zero attached hydrogens (tertiary/aromatic N) is 2. The van der Waals surface area contributed by atoms with Gasteiger partial charge in [-0.15, -0.1) is 0 Å². The molecule has 0 radical (unpaired) electrons. The molecule has 15 heavy (non-hydrogen) atoms. The Bertz CT molecular complexity index is 503. The zero-order valence-electron chi connectivity index (χ0n) is 7.42. The summed E-state index contributed by atoms with van der Waals surface area (Å²) in [6, 6.07) is 3.79. The first-order valence-corrected chi connectivity index (χ1v) is 4.47. The summed E-state index contributed by atoms with van der Waals surface area (Å²) >= 11 is 5.64. The Labute approximate surface area is 89.6 Å². The highest BCUT2D eigenvalue weighted by molar-refractivity contribution is 6.29. The van der Waals surface area contributed by atoms with Crippen molar-refractivity contribution < 1.29 is 8.78 Å². The van der Waals surface area contributed by atoms with Crippen LogP contribution in [0.4, 0.5) is 8.78 Å². The third-order valence-corrected chi connectivity index (χ3v) is 2.01. The van der Waals surface area contributed by atoms with Gasteiger partial charge in [0.2, 0.25) is 0 Å². The molecule has 0 unspecified atom stereocenters. The van der Waals surface area contributed by atoms with Crippen LogP contribution >= 0.6 is 11.6 Å². The summed E-state index contributed by atoms with van der Waals surface area (Å²) in [5.41, 5.74) is 0.521. The first-order valence-electron chi connectivity index (χ1n) is 4.10.